The van der Waals surface area contributed by atoms with Crippen LogP contribution in [0, 0.1) is 0 Å². The molecule has 0 unspecified atom stereocenters. The van der Waals surface area contributed by atoms with Crippen molar-refractivity contribution in [1.29, 1.82) is 0 Å². The van der Waals surface area contributed by atoms with E-state index in [2.05, 4.69) is 0 Å². The first-order valence-electron chi connectivity index (χ1n) is 5.79. The molecule has 0 N–H and O–H groups in total. The van der Waals surface area contributed by atoms with E-state index in [-0.39, 0.29) is 10.8 Å². The number of hydrogen-bond acceptors (Lipinski definition) is 3. The molecule has 0 aliphatic rings. The lowest BCUT2D eigenvalue weighted by molar-refractivity contribution is 0.103. The maximum absolute atomic E-state index is 12.5. The average molecular weight is 311 g/mol. The van der Waals surface area contributed by atoms with Crippen LogP contribution >= 0.6 is 23.2 Å². The van der Waals surface area contributed by atoms with E-state index in [1.54, 1.807) is 36.4 Å². The van der Waals surface area contributed by atoms with E-state index < -0.39 is 0 Å². The molecule has 0 bridgehead atoms. The maximum atomic E-state index is 12.5. The Labute approximate surface area is 127 Å². The van der Waals surface area contributed by atoms with Crippen molar-refractivity contribution in [3.05, 3.63) is 57.6 Å². The standard InChI is InChI=1S/C15H12Cl2O3/c1-19-13-7-10(12(17)8-14(13)20-2)15(18)9-5-3-4-6-11(9)16/h3-8H,1-2H3. The molecule has 2 rings (SSSR count). The number of rotatable bonds is 4. The summed E-state index contributed by atoms with van der Waals surface area (Å²) < 4.78 is 10.3. The summed E-state index contributed by atoms with van der Waals surface area (Å²) in [5.41, 5.74) is 0.709. The highest BCUT2D eigenvalue weighted by molar-refractivity contribution is 6.38. The molecule has 2 aromatic rings. The molecule has 20 heavy (non-hydrogen) atoms. The lowest BCUT2D eigenvalue weighted by Crippen LogP contribution is -2.04. The molecule has 0 atom stereocenters. The van der Waals surface area contributed by atoms with Crippen LogP contribution < -0.4 is 9.47 Å². The van der Waals surface area contributed by atoms with Crippen molar-refractivity contribution >= 4 is 29.0 Å². The number of hydrogen-bond donors (Lipinski definition) is 0. The number of benzene rings is 2. The van der Waals surface area contributed by atoms with Crippen molar-refractivity contribution in [3.63, 3.8) is 0 Å². The van der Waals surface area contributed by atoms with Crippen LogP contribution in [0.3, 0.4) is 0 Å². The van der Waals surface area contributed by atoms with Gasteiger partial charge >= 0.3 is 0 Å². The van der Waals surface area contributed by atoms with Gasteiger partial charge < -0.3 is 9.47 Å². The van der Waals surface area contributed by atoms with Crippen LogP contribution in [0.4, 0.5) is 0 Å². The van der Waals surface area contributed by atoms with E-state index in [1.807, 2.05) is 0 Å². The highest BCUT2D eigenvalue weighted by Crippen LogP contribution is 2.34. The minimum atomic E-state index is -0.262. The predicted octanol–water partition coefficient (Wildman–Crippen LogP) is 4.24. The van der Waals surface area contributed by atoms with Gasteiger partial charge in [0.05, 0.1) is 24.3 Å². The number of carbonyl (C=O) groups excluding carboxylic acids is 1. The van der Waals surface area contributed by atoms with Crippen LogP contribution in [0.1, 0.15) is 15.9 Å². The molecular weight excluding hydrogens is 299 g/mol. The van der Waals surface area contributed by atoms with Crippen molar-refractivity contribution in [1.82, 2.24) is 0 Å². The third-order valence-electron chi connectivity index (χ3n) is 2.84. The molecule has 0 heterocycles. The second-order valence-corrected chi connectivity index (χ2v) is 4.81. The molecule has 0 saturated heterocycles. The number of ether oxygens (including phenoxy) is 2. The van der Waals surface area contributed by atoms with Gasteiger partial charge in [-0.3, -0.25) is 4.79 Å². The van der Waals surface area contributed by atoms with Gasteiger partial charge in [-0.15, -0.1) is 0 Å². The van der Waals surface area contributed by atoms with E-state index in [1.165, 1.54) is 14.2 Å². The van der Waals surface area contributed by atoms with Gasteiger partial charge in [-0.1, -0.05) is 35.3 Å². The Hall–Kier alpha value is -1.71. The molecule has 0 aromatic heterocycles. The van der Waals surface area contributed by atoms with Crippen LogP contribution in [-0.2, 0) is 0 Å². The fraction of sp³-hybridized carbons (Fsp3) is 0.133. The smallest absolute Gasteiger partial charge is 0.196 e. The van der Waals surface area contributed by atoms with Crippen molar-refractivity contribution < 1.29 is 14.3 Å². The second-order valence-electron chi connectivity index (χ2n) is 4.00. The Morgan fingerprint density at radius 3 is 2.10 bits per heavy atom. The monoisotopic (exact) mass is 310 g/mol. The minimum absolute atomic E-state index is 0.262. The summed E-state index contributed by atoms with van der Waals surface area (Å²) in [6.45, 7) is 0. The third kappa shape index (κ3) is 2.74. The molecule has 104 valence electrons. The molecule has 0 aliphatic heterocycles. The zero-order chi connectivity index (χ0) is 14.7. The van der Waals surface area contributed by atoms with Gasteiger partial charge in [0.25, 0.3) is 0 Å². The molecule has 0 radical (unpaired) electrons. The summed E-state index contributed by atoms with van der Waals surface area (Å²) in [7, 11) is 3.00. The van der Waals surface area contributed by atoms with Crippen LogP contribution in [0.15, 0.2) is 36.4 Å². The average Bonchev–Trinajstić information content (AvgIpc) is 2.46. The van der Waals surface area contributed by atoms with E-state index in [0.717, 1.165) is 0 Å². The van der Waals surface area contributed by atoms with E-state index in [4.69, 9.17) is 32.7 Å². The summed E-state index contributed by atoms with van der Waals surface area (Å²) in [5.74, 6) is 0.641. The summed E-state index contributed by atoms with van der Waals surface area (Å²) >= 11 is 12.2. The Bertz CT molecular complexity index is 654. The number of carbonyl (C=O) groups is 1. The fourth-order valence-corrected chi connectivity index (χ4v) is 2.28. The first kappa shape index (κ1) is 14.7. The zero-order valence-electron chi connectivity index (χ0n) is 10.9. The van der Waals surface area contributed by atoms with Crippen LogP contribution in [0.5, 0.6) is 11.5 Å². The van der Waals surface area contributed by atoms with Gasteiger partial charge in [0.15, 0.2) is 17.3 Å². The second kappa shape index (κ2) is 6.16. The predicted molar refractivity (Wildman–Crippen MR) is 79.4 cm³/mol. The van der Waals surface area contributed by atoms with Crippen molar-refractivity contribution in [2.24, 2.45) is 0 Å². The lowest BCUT2D eigenvalue weighted by atomic mass is 10.0. The zero-order valence-corrected chi connectivity index (χ0v) is 12.5. The number of halogens is 2. The van der Waals surface area contributed by atoms with Gasteiger partial charge in [0, 0.05) is 17.2 Å². The largest absolute Gasteiger partial charge is 0.493 e. The minimum Gasteiger partial charge on any atom is -0.493 e. The summed E-state index contributed by atoms with van der Waals surface area (Å²) in [5, 5.41) is 0.663. The first-order chi connectivity index (χ1) is 9.58. The fourth-order valence-electron chi connectivity index (χ4n) is 1.82. The Balaban J connectivity index is 2.53. The summed E-state index contributed by atoms with van der Waals surface area (Å²) in [4.78, 5) is 12.5. The van der Waals surface area contributed by atoms with Crippen molar-refractivity contribution in [3.8, 4) is 11.5 Å². The van der Waals surface area contributed by atoms with Gasteiger partial charge in [-0.05, 0) is 18.2 Å². The molecule has 0 fully saturated rings. The third-order valence-corrected chi connectivity index (χ3v) is 3.48. The highest BCUT2D eigenvalue weighted by atomic mass is 35.5. The Morgan fingerprint density at radius 1 is 0.900 bits per heavy atom. The molecule has 0 aliphatic carbocycles. The van der Waals surface area contributed by atoms with E-state index in [0.29, 0.717) is 27.6 Å². The highest BCUT2D eigenvalue weighted by Gasteiger charge is 2.19. The van der Waals surface area contributed by atoms with E-state index >= 15 is 0 Å². The summed E-state index contributed by atoms with van der Waals surface area (Å²) in [6.07, 6.45) is 0. The Kier molecular flexibility index (Phi) is 4.53. The topological polar surface area (TPSA) is 35.5 Å². The van der Waals surface area contributed by atoms with E-state index in [9.17, 15) is 4.79 Å². The van der Waals surface area contributed by atoms with Gasteiger partial charge in [0.2, 0.25) is 0 Å². The van der Waals surface area contributed by atoms with Gasteiger partial charge in [-0.25, -0.2) is 0 Å². The molecule has 2 aromatic carbocycles. The van der Waals surface area contributed by atoms with Crippen LogP contribution in [0.25, 0.3) is 0 Å². The van der Waals surface area contributed by atoms with Crippen molar-refractivity contribution in [2.45, 2.75) is 0 Å². The quantitative estimate of drug-likeness (QED) is 0.792. The number of ketones is 1. The molecular formula is C15H12Cl2O3. The van der Waals surface area contributed by atoms with Crippen molar-refractivity contribution in [2.75, 3.05) is 14.2 Å². The van der Waals surface area contributed by atoms with Crippen LogP contribution in [0.2, 0.25) is 10.0 Å². The normalized spacial score (nSPS) is 10.2. The number of methoxy groups -OCH3 is 2. The lowest BCUT2D eigenvalue weighted by Gasteiger charge is -2.11. The molecule has 0 spiro atoms. The molecule has 0 amide bonds. The van der Waals surface area contributed by atoms with Gasteiger partial charge in [0.1, 0.15) is 0 Å². The molecule has 3 nitrogen and oxygen atoms in total. The molecule has 5 heteroatoms. The maximum Gasteiger partial charge on any atom is 0.196 e. The Morgan fingerprint density at radius 2 is 1.50 bits per heavy atom. The molecule has 0 saturated carbocycles. The SMILES string of the molecule is COc1cc(Cl)c(C(=O)c2ccccc2Cl)cc1OC. The first-order valence-corrected chi connectivity index (χ1v) is 6.54. The van der Waals surface area contributed by atoms with Crippen LogP contribution in [-0.4, -0.2) is 20.0 Å². The van der Waals surface area contributed by atoms with Gasteiger partial charge in [-0.2, -0.15) is 0 Å². The summed E-state index contributed by atoms with van der Waals surface area (Å²) in [6, 6.07) is 9.90.